The number of rotatable bonds is 6. The molecular formula is C17H23NO5. The van der Waals surface area contributed by atoms with Crippen LogP contribution in [0.4, 0.5) is 4.79 Å². The zero-order valence-electron chi connectivity index (χ0n) is 13.9. The average molecular weight is 321 g/mol. The first-order chi connectivity index (χ1) is 10.8. The number of esters is 1. The molecule has 23 heavy (non-hydrogen) atoms. The lowest BCUT2D eigenvalue weighted by Gasteiger charge is -2.22. The van der Waals surface area contributed by atoms with Crippen LogP contribution in [0, 0.1) is 0 Å². The Morgan fingerprint density at radius 2 is 1.87 bits per heavy atom. The zero-order chi connectivity index (χ0) is 17.5. The van der Waals surface area contributed by atoms with Gasteiger partial charge in [-0.25, -0.2) is 9.59 Å². The van der Waals surface area contributed by atoms with Crippen LogP contribution < -0.4 is 10.1 Å². The number of carbonyl (C=O) groups is 2. The number of alkyl carbamates (subject to hydrolysis) is 1. The van der Waals surface area contributed by atoms with E-state index in [0.717, 1.165) is 0 Å². The lowest BCUT2D eigenvalue weighted by molar-refractivity contribution is -0.143. The number of amides is 1. The number of ether oxygens (including phenoxy) is 3. The first-order valence-electron chi connectivity index (χ1n) is 7.18. The highest BCUT2D eigenvalue weighted by molar-refractivity contribution is 5.82. The summed E-state index contributed by atoms with van der Waals surface area (Å²) >= 11 is 0. The van der Waals surface area contributed by atoms with E-state index in [4.69, 9.17) is 14.2 Å². The van der Waals surface area contributed by atoms with Gasteiger partial charge >= 0.3 is 12.1 Å². The summed E-state index contributed by atoms with van der Waals surface area (Å²) < 4.78 is 15.3. The van der Waals surface area contributed by atoms with E-state index in [1.54, 1.807) is 51.1 Å². The van der Waals surface area contributed by atoms with E-state index < -0.39 is 23.7 Å². The summed E-state index contributed by atoms with van der Waals surface area (Å²) in [6.45, 7) is 9.18. The van der Waals surface area contributed by atoms with Gasteiger partial charge in [-0.2, -0.15) is 0 Å². The van der Waals surface area contributed by atoms with Crippen molar-refractivity contribution in [3.8, 4) is 5.75 Å². The fourth-order valence-corrected chi connectivity index (χ4v) is 1.73. The van der Waals surface area contributed by atoms with Crippen LogP contribution in [0.15, 0.2) is 36.9 Å². The third kappa shape index (κ3) is 6.42. The molecule has 0 aromatic heterocycles. The highest BCUT2D eigenvalue weighted by Gasteiger charge is 2.26. The zero-order valence-corrected chi connectivity index (χ0v) is 13.9. The Labute approximate surface area is 136 Å². The van der Waals surface area contributed by atoms with Gasteiger partial charge in [0.25, 0.3) is 0 Å². The Kier molecular flexibility index (Phi) is 6.63. The molecular weight excluding hydrogens is 298 g/mol. The largest absolute Gasteiger partial charge is 0.490 e. The van der Waals surface area contributed by atoms with Crippen molar-refractivity contribution in [1.29, 1.82) is 0 Å². The summed E-state index contributed by atoms with van der Waals surface area (Å²) in [6.07, 6.45) is 0.940. The van der Waals surface area contributed by atoms with E-state index in [1.807, 2.05) is 0 Å². The fraction of sp³-hybridized carbons (Fsp3) is 0.412. The van der Waals surface area contributed by atoms with Crippen LogP contribution in [0.3, 0.4) is 0 Å². The van der Waals surface area contributed by atoms with Gasteiger partial charge in [0.1, 0.15) is 18.0 Å². The molecule has 6 nitrogen and oxygen atoms in total. The molecule has 1 aromatic rings. The minimum atomic E-state index is -0.955. The fourth-order valence-electron chi connectivity index (χ4n) is 1.73. The molecule has 0 saturated heterocycles. The number of carbonyl (C=O) groups excluding carboxylic acids is 2. The molecule has 1 rings (SSSR count). The Hall–Kier alpha value is -2.50. The van der Waals surface area contributed by atoms with Gasteiger partial charge < -0.3 is 19.5 Å². The van der Waals surface area contributed by atoms with Crippen LogP contribution in [0.5, 0.6) is 5.75 Å². The van der Waals surface area contributed by atoms with E-state index in [1.165, 1.54) is 7.11 Å². The van der Waals surface area contributed by atoms with Gasteiger partial charge in [0, 0.05) is 0 Å². The summed E-state index contributed by atoms with van der Waals surface area (Å²) in [5.41, 5.74) is -0.0960. The summed E-state index contributed by atoms with van der Waals surface area (Å²) in [5.74, 6) is 0.0464. The van der Waals surface area contributed by atoms with Crippen molar-refractivity contribution in [2.24, 2.45) is 0 Å². The SMILES string of the molecule is C=CCOc1ccc([C@H](NC(=O)OC(C)(C)C)C(=O)OC)cc1. The van der Waals surface area contributed by atoms with E-state index >= 15 is 0 Å². The lowest BCUT2D eigenvalue weighted by Crippen LogP contribution is -2.38. The molecule has 0 spiro atoms. The second-order valence-corrected chi connectivity index (χ2v) is 5.77. The lowest BCUT2D eigenvalue weighted by atomic mass is 10.1. The average Bonchev–Trinajstić information content (AvgIpc) is 2.48. The monoisotopic (exact) mass is 321 g/mol. The first-order valence-corrected chi connectivity index (χ1v) is 7.18. The Bertz CT molecular complexity index is 545. The smallest absolute Gasteiger partial charge is 0.408 e. The quantitative estimate of drug-likeness (QED) is 0.644. The van der Waals surface area contributed by atoms with Gasteiger partial charge in [-0.15, -0.1) is 0 Å². The van der Waals surface area contributed by atoms with Gasteiger partial charge in [0.2, 0.25) is 0 Å². The highest BCUT2D eigenvalue weighted by atomic mass is 16.6. The molecule has 0 unspecified atom stereocenters. The summed E-state index contributed by atoms with van der Waals surface area (Å²) in [6, 6.07) is 5.80. The van der Waals surface area contributed by atoms with Crippen molar-refractivity contribution < 1.29 is 23.8 Å². The van der Waals surface area contributed by atoms with Crippen LogP contribution in [-0.4, -0.2) is 31.4 Å². The molecule has 0 aliphatic heterocycles. The van der Waals surface area contributed by atoms with E-state index in [9.17, 15) is 9.59 Å². The maximum Gasteiger partial charge on any atom is 0.408 e. The molecule has 1 aromatic carbocycles. The van der Waals surface area contributed by atoms with Gasteiger partial charge in [0.05, 0.1) is 7.11 Å². The first kappa shape index (κ1) is 18.5. The van der Waals surface area contributed by atoms with Crippen LogP contribution in [0.2, 0.25) is 0 Å². The Morgan fingerprint density at radius 1 is 1.26 bits per heavy atom. The molecule has 0 saturated carbocycles. The van der Waals surface area contributed by atoms with Gasteiger partial charge in [-0.05, 0) is 38.5 Å². The maximum absolute atomic E-state index is 11.9. The maximum atomic E-state index is 11.9. The highest BCUT2D eigenvalue weighted by Crippen LogP contribution is 2.20. The minimum Gasteiger partial charge on any atom is -0.490 e. The molecule has 6 heteroatoms. The molecule has 126 valence electrons. The van der Waals surface area contributed by atoms with E-state index in [0.29, 0.717) is 17.9 Å². The van der Waals surface area contributed by atoms with Crippen molar-refractivity contribution in [1.82, 2.24) is 5.32 Å². The van der Waals surface area contributed by atoms with Crippen molar-refractivity contribution in [3.05, 3.63) is 42.5 Å². The minimum absolute atomic E-state index is 0.385. The van der Waals surface area contributed by atoms with Crippen LogP contribution in [-0.2, 0) is 14.3 Å². The topological polar surface area (TPSA) is 73.9 Å². The van der Waals surface area contributed by atoms with E-state index in [2.05, 4.69) is 11.9 Å². The van der Waals surface area contributed by atoms with E-state index in [-0.39, 0.29) is 0 Å². The van der Waals surface area contributed by atoms with Crippen LogP contribution in [0.25, 0.3) is 0 Å². The van der Waals surface area contributed by atoms with Gasteiger partial charge in [-0.3, -0.25) is 0 Å². The number of methoxy groups -OCH3 is 1. The Balaban J connectivity index is 2.87. The van der Waals surface area contributed by atoms with Crippen molar-refractivity contribution >= 4 is 12.1 Å². The summed E-state index contributed by atoms with van der Waals surface area (Å²) in [7, 11) is 1.26. The molecule has 1 amide bonds. The Morgan fingerprint density at radius 3 is 2.35 bits per heavy atom. The molecule has 0 bridgehead atoms. The number of nitrogens with one attached hydrogen (secondary N) is 1. The molecule has 0 radical (unpaired) electrons. The normalized spacial score (nSPS) is 12.0. The predicted octanol–water partition coefficient (Wildman–Crippen LogP) is 2.99. The third-order valence-corrected chi connectivity index (χ3v) is 2.68. The third-order valence-electron chi connectivity index (χ3n) is 2.68. The van der Waals surface area contributed by atoms with Crippen LogP contribution in [0.1, 0.15) is 32.4 Å². The predicted molar refractivity (Wildman–Crippen MR) is 86.3 cm³/mol. The summed E-state index contributed by atoms with van der Waals surface area (Å²) in [4.78, 5) is 23.8. The van der Waals surface area contributed by atoms with Gasteiger partial charge in [0.15, 0.2) is 6.04 Å². The number of benzene rings is 1. The molecule has 1 N–H and O–H groups in total. The standard InChI is InChI=1S/C17H23NO5/c1-6-11-22-13-9-7-12(8-10-13)14(15(19)21-5)18-16(20)23-17(2,3)4/h6-10,14H,1,11H2,2-5H3,(H,18,20)/t14-/m0/s1. The molecule has 0 heterocycles. The number of hydrogen-bond donors (Lipinski definition) is 1. The van der Waals surface area contributed by atoms with Crippen molar-refractivity contribution in [3.63, 3.8) is 0 Å². The number of hydrogen-bond acceptors (Lipinski definition) is 5. The molecule has 0 aliphatic rings. The van der Waals surface area contributed by atoms with Crippen LogP contribution >= 0.6 is 0 Å². The second kappa shape index (κ2) is 8.22. The van der Waals surface area contributed by atoms with Crippen molar-refractivity contribution in [2.75, 3.05) is 13.7 Å². The van der Waals surface area contributed by atoms with Crippen molar-refractivity contribution in [2.45, 2.75) is 32.4 Å². The molecule has 0 fully saturated rings. The second-order valence-electron chi connectivity index (χ2n) is 5.77. The molecule has 0 aliphatic carbocycles. The summed E-state index contributed by atoms with van der Waals surface area (Å²) in [5, 5.41) is 2.51. The molecule has 1 atom stereocenters. The van der Waals surface area contributed by atoms with Gasteiger partial charge in [-0.1, -0.05) is 24.8 Å².